The number of benzene rings is 2. The predicted octanol–water partition coefficient (Wildman–Crippen LogP) is 3.44. The van der Waals surface area contributed by atoms with Gasteiger partial charge in [-0.2, -0.15) is 0 Å². The topological polar surface area (TPSA) is 63.1 Å². The molecule has 1 fully saturated rings. The summed E-state index contributed by atoms with van der Waals surface area (Å²) in [4.78, 5) is 15.1. The molecule has 1 atom stereocenters. The second-order valence-corrected chi connectivity index (χ2v) is 6.98. The Hall–Kier alpha value is -2.41. The maximum atomic E-state index is 13.3. The van der Waals surface area contributed by atoms with E-state index in [1.54, 1.807) is 4.68 Å². The van der Waals surface area contributed by atoms with E-state index in [9.17, 15) is 4.79 Å². The van der Waals surface area contributed by atoms with Gasteiger partial charge in [0.1, 0.15) is 0 Å². The molecule has 0 aliphatic carbocycles. The van der Waals surface area contributed by atoms with Crippen LogP contribution in [0, 0.1) is 6.92 Å². The summed E-state index contributed by atoms with van der Waals surface area (Å²) >= 11 is 6.16. The van der Waals surface area contributed by atoms with E-state index in [1.165, 1.54) is 0 Å². The molecule has 0 saturated carbocycles. The Balaban J connectivity index is 0.00000225. The SMILES string of the molecule is Cc1c(C(=O)N2CCNCC2c2cccc(Cl)c2)nnn1-c1ccccc1.Cl. The van der Waals surface area contributed by atoms with E-state index in [4.69, 9.17) is 11.6 Å². The first-order chi connectivity index (χ1) is 13.1. The van der Waals surface area contributed by atoms with Crippen LogP contribution < -0.4 is 5.32 Å². The van der Waals surface area contributed by atoms with Crippen LogP contribution >= 0.6 is 24.0 Å². The van der Waals surface area contributed by atoms with E-state index in [0.717, 1.165) is 23.5 Å². The lowest BCUT2D eigenvalue weighted by Crippen LogP contribution is -2.49. The van der Waals surface area contributed by atoms with Gasteiger partial charge < -0.3 is 10.2 Å². The molecule has 2 heterocycles. The van der Waals surface area contributed by atoms with Gasteiger partial charge in [-0.3, -0.25) is 4.79 Å². The smallest absolute Gasteiger partial charge is 0.276 e. The third kappa shape index (κ3) is 3.90. The lowest BCUT2D eigenvalue weighted by molar-refractivity contribution is 0.0627. The Bertz CT molecular complexity index is 960. The average molecular weight is 418 g/mol. The number of carbonyl (C=O) groups excluding carboxylic acids is 1. The van der Waals surface area contributed by atoms with Crippen LogP contribution in [-0.2, 0) is 0 Å². The fourth-order valence-electron chi connectivity index (χ4n) is 3.44. The molecular formula is C20H21Cl2N5O. The van der Waals surface area contributed by atoms with Crippen LogP contribution in [-0.4, -0.2) is 45.4 Å². The number of piperazine rings is 1. The number of para-hydroxylation sites is 1. The van der Waals surface area contributed by atoms with Gasteiger partial charge in [0.05, 0.1) is 17.4 Å². The number of carbonyl (C=O) groups is 1. The molecule has 1 aliphatic rings. The summed E-state index contributed by atoms with van der Waals surface area (Å²) in [5, 5.41) is 12.4. The molecule has 6 nitrogen and oxygen atoms in total. The Morgan fingerprint density at radius 3 is 2.71 bits per heavy atom. The van der Waals surface area contributed by atoms with Crippen molar-refractivity contribution in [1.29, 1.82) is 0 Å². The summed E-state index contributed by atoms with van der Waals surface area (Å²) in [5.74, 6) is -0.110. The highest BCUT2D eigenvalue weighted by Gasteiger charge is 2.31. The van der Waals surface area contributed by atoms with Gasteiger partial charge in [-0.05, 0) is 36.8 Å². The highest BCUT2D eigenvalue weighted by Crippen LogP contribution is 2.26. The maximum Gasteiger partial charge on any atom is 0.276 e. The number of halogens is 2. The molecule has 0 radical (unpaired) electrons. The van der Waals surface area contributed by atoms with E-state index in [0.29, 0.717) is 23.8 Å². The van der Waals surface area contributed by atoms with Gasteiger partial charge in [0.15, 0.2) is 5.69 Å². The molecule has 1 saturated heterocycles. The first kappa shape index (κ1) is 20.3. The zero-order chi connectivity index (χ0) is 18.8. The van der Waals surface area contributed by atoms with Gasteiger partial charge in [-0.25, -0.2) is 4.68 Å². The molecule has 1 N–H and O–H groups in total. The number of rotatable bonds is 3. The average Bonchev–Trinajstić information content (AvgIpc) is 3.09. The molecule has 1 unspecified atom stereocenters. The normalized spacial score (nSPS) is 16.5. The van der Waals surface area contributed by atoms with Crippen LogP contribution in [0.3, 0.4) is 0 Å². The zero-order valence-electron chi connectivity index (χ0n) is 15.4. The first-order valence-corrected chi connectivity index (χ1v) is 9.28. The Morgan fingerprint density at radius 1 is 1.18 bits per heavy atom. The number of aromatic nitrogens is 3. The van der Waals surface area contributed by atoms with Gasteiger partial charge in [0.25, 0.3) is 5.91 Å². The summed E-state index contributed by atoms with van der Waals surface area (Å²) in [7, 11) is 0. The molecule has 146 valence electrons. The number of nitrogens with one attached hydrogen (secondary N) is 1. The summed E-state index contributed by atoms with van der Waals surface area (Å²) in [5.41, 5.74) is 3.01. The van der Waals surface area contributed by atoms with Crippen LogP contribution in [0.4, 0.5) is 0 Å². The lowest BCUT2D eigenvalue weighted by atomic mass is 10.0. The van der Waals surface area contributed by atoms with Gasteiger partial charge in [-0.1, -0.05) is 47.1 Å². The zero-order valence-corrected chi connectivity index (χ0v) is 17.0. The summed E-state index contributed by atoms with van der Waals surface area (Å²) in [6.45, 7) is 3.90. The summed E-state index contributed by atoms with van der Waals surface area (Å²) < 4.78 is 1.70. The summed E-state index contributed by atoms with van der Waals surface area (Å²) in [6, 6.07) is 17.3. The van der Waals surface area contributed by atoms with E-state index in [-0.39, 0.29) is 24.4 Å². The minimum Gasteiger partial charge on any atom is -0.328 e. The number of hydrogen-bond acceptors (Lipinski definition) is 4. The van der Waals surface area contributed by atoms with E-state index < -0.39 is 0 Å². The van der Waals surface area contributed by atoms with Gasteiger partial charge in [0.2, 0.25) is 0 Å². The van der Waals surface area contributed by atoms with Crippen molar-refractivity contribution in [1.82, 2.24) is 25.2 Å². The fourth-order valence-corrected chi connectivity index (χ4v) is 3.64. The Morgan fingerprint density at radius 2 is 1.96 bits per heavy atom. The molecule has 8 heteroatoms. The Kier molecular flexibility index (Phi) is 6.34. The molecule has 28 heavy (non-hydrogen) atoms. The summed E-state index contributed by atoms with van der Waals surface area (Å²) in [6.07, 6.45) is 0. The highest BCUT2D eigenvalue weighted by molar-refractivity contribution is 6.30. The third-order valence-electron chi connectivity index (χ3n) is 4.84. The van der Waals surface area contributed by atoms with Crippen molar-refractivity contribution in [2.24, 2.45) is 0 Å². The molecule has 0 bridgehead atoms. The standard InChI is InChI=1S/C20H20ClN5O.ClH/c1-14-19(23-24-26(14)17-8-3-2-4-9-17)20(27)25-11-10-22-13-18(25)15-6-5-7-16(21)12-15;/h2-9,12,18,22H,10-11,13H2,1H3;1H. The quantitative estimate of drug-likeness (QED) is 0.708. The van der Waals surface area contributed by atoms with Crippen molar-refractivity contribution < 1.29 is 4.79 Å². The van der Waals surface area contributed by atoms with E-state index >= 15 is 0 Å². The molecule has 2 aromatic carbocycles. The molecule has 1 amide bonds. The fraction of sp³-hybridized carbons (Fsp3) is 0.250. The van der Waals surface area contributed by atoms with Gasteiger partial charge in [0, 0.05) is 24.7 Å². The Labute approximate surface area is 174 Å². The molecule has 1 aromatic heterocycles. The molecule has 4 rings (SSSR count). The monoisotopic (exact) mass is 417 g/mol. The molecule has 1 aliphatic heterocycles. The molecule has 3 aromatic rings. The maximum absolute atomic E-state index is 13.3. The predicted molar refractivity (Wildman–Crippen MR) is 111 cm³/mol. The first-order valence-electron chi connectivity index (χ1n) is 8.90. The van der Waals surface area contributed by atoms with Crippen LogP contribution in [0.2, 0.25) is 5.02 Å². The van der Waals surface area contributed by atoms with Crippen molar-refractivity contribution in [3.8, 4) is 5.69 Å². The van der Waals surface area contributed by atoms with Crippen molar-refractivity contribution in [2.75, 3.05) is 19.6 Å². The lowest BCUT2D eigenvalue weighted by Gasteiger charge is -2.36. The molecular weight excluding hydrogens is 397 g/mol. The van der Waals surface area contributed by atoms with Crippen molar-refractivity contribution in [3.63, 3.8) is 0 Å². The number of hydrogen-bond donors (Lipinski definition) is 1. The van der Waals surface area contributed by atoms with Crippen molar-refractivity contribution in [2.45, 2.75) is 13.0 Å². The highest BCUT2D eigenvalue weighted by atomic mass is 35.5. The van der Waals surface area contributed by atoms with E-state index in [1.807, 2.05) is 66.4 Å². The van der Waals surface area contributed by atoms with Crippen LogP contribution in [0.15, 0.2) is 54.6 Å². The minimum atomic E-state index is -0.110. The largest absolute Gasteiger partial charge is 0.328 e. The second kappa shape index (κ2) is 8.73. The van der Waals surface area contributed by atoms with Crippen LogP contribution in [0.1, 0.15) is 27.8 Å². The van der Waals surface area contributed by atoms with Crippen molar-refractivity contribution in [3.05, 3.63) is 76.6 Å². The van der Waals surface area contributed by atoms with Gasteiger partial charge in [-0.15, -0.1) is 17.5 Å². The van der Waals surface area contributed by atoms with Gasteiger partial charge >= 0.3 is 0 Å². The van der Waals surface area contributed by atoms with Crippen LogP contribution in [0.25, 0.3) is 5.69 Å². The number of amides is 1. The minimum absolute atomic E-state index is 0. The third-order valence-corrected chi connectivity index (χ3v) is 5.07. The number of nitrogens with zero attached hydrogens (tertiary/aromatic N) is 4. The van der Waals surface area contributed by atoms with Crippen LogP contribution in [0.5, 0.6) is 0 Å². The van der Waals surface area contributed by atoms with Crippen molar-refractivity contribution >= 4 is 29.9 Å². The second-order valence-electron chi connectivity index (χ2n) is 6.54. The van der Waals surface area contributed by atoms with E-state index in [2.05, 4.69) is 15.6 Å². The molecule has 0 spiro atoms.